The molecule has 2 aromatic rings. The number of nitrogens with one attached hydrogen (secondary N) is 1. The number of aryl methyl sites for hydroxylation is 1. The van der Waals surface area contributed by atoms with Gasteiger partial charge in [-0.3, -0.25) is 9.48 Å². The molecule has 2 heterocycles. The molecule has 0 radical (unpaired) electrons. The fourth-order valence-corrected chi connectivity index (χ4v) is 3.39. The van der Waals surface area contributed by atoms with Crippen LogP contribution in [0.1, 0.15) is 42.5 Å². The number of hydrogen-bond donors (Lipinski definition) is 1. The van der Waals surface area contributed by atoms with Crippen LogP contribution in [-0.2, 0) is 24.8 Å². The molecule has 0 aliphatic carbocycles. The quantitative estimate of drug-likeness (QED) is 0.780. The number of anilines is 1. The van der Waals surface area contributed by atoms with Crippen LogP contribution in [0.2, 0.25) is 0 Å². The molecule has 1 aromatic carbocycles. The molecular formula is C19H23BrN4O3. The summed E-state index contributed by atoms with van der Waals surface area (Å²) in [6, 6.07) is 7.39. The van der Waals surface area contributed by atoms with Crippen molar-refractivity contribution in [3.63, 3.8) is 0 Å². The number of halogens is 1. The number of rotatable bonds is 2. The molecule has 0 fully saturated rings. The van der Waals surface area contributed by atoms with E-state index in [1.165, 1.54) is 0 Å². The lowest BCUT2D eigenvalue weighted by Crippen LogP contribution is -2.40. The molecule has 0 spiro atoms. The van der Waals surface area contributed by atoms with Crippen LogP contribution in [0.3, 0.4) is 0 Å². The van der Waals surface area contributed by atoms with Gasteiger partial charge in [-0.2, -0.15) is 5.10 Å². The van der Waals surface area contributed by atoms with E-state index >= 15 is 0 Å². The van der Waals surface area contributed by atoms with Gasteiger partial charge in [0.25, 0.3) is 5.91 Å². The highest BCUT2D eigenvalue weighted by Gasteiger charge is 2.31. The van der Waals surface area contributed by atoms with Crippen LogP contribution in [0, 0.1) is 0 Å². The van der Waals surface area contributed by atoms with Crippen LogP contribution >= 0.6 is 15.9 Å². The molecule has 27 heavy (non-hydrogen) atoms. The molecule has 0 saturated heterocycles. The predicted octanol–water partition coefficient (Wildman–Crippen LogP) is 3.73. The van der Waals surface area contributed by atoms with Crippen molar-refractivity contribution in [2.75, 3.05) is 11.9 Å². The molecule has 0 unspecified atom stereocenters. The Morgan fingerprint density at radius 1 is 1.26 bits per heavy atom. The summed E-state index contributed by atoms with van der Waals surface area (Å²) in [5.74, 6) is -0.301. The number of carbonyl (C=O) groups excluding carboxylic acids is 2. The molecule has 3 rings (SSSR count). The van der Waals surface area contributed by atoms with Crippen LogP contribution in [0.4, 0.5) is 10.5 Å². The fraction of sp³-hybridized carbons (Fsp3) is 0.421. The van der Waals surface area contributed by atoms with E-state index in [9.17, 15) is 9.59 Å². The van der Waals surface area contributed by atoms with Crippen LogP contribution in [0.5, 0.6) is 0 Å². The first-order valence-electron chi connectivity index (χ1n) is 8.74. The number of para-hydroxylation sites is 1. The van der Waals surface area contributed by atoms with E-state index in [1.54, 1.807) is 9.58 Å². The topological polar surface area (TPSA) is 76.5 Å². The van der Waals surface area contributed by atoms with Gasteiger partial charge in [-0.25, -0.2) is 4.79 Å². The summed E-state index contributed by atoms with van der Waals surface area (Å²) in [7, 11) is 1.82. The lowest BCUT2D eigenvalue weighted by Gasteiger charge is -2.30. The van der Waals surface area contributed by atoms with Crippen molar-refractivity contribution in [3.8, 4) is 0 Å². The minimum atomic E-state index is -0.563. The second kappa shape index (κ2) is 7.34. The van der Waals surface area contributed by atoms with Crippen molar-refractivity contribution in [2.24, 2.45) is 7.05 Å². The first-order chi connectivity index (χ1) is 12.7. The maximum Gasteiger partial charge on any atom is 0.410 e. The number of amides is 2. The third kappa shape index (κ3) is 4.32. The van der Waals surface area contributed by atoms with Gasteiger partial charge in [0, 0.05) is 35.7 Å². The zero-order valence-corrected chi connectivity index (χ0v) is 17.5. The summed E-state index contributed by atoms with van der Waals surface area (Å²) in [6.07, 6.45) is 0.245. The third-order valence-electron chi connectivity index (χ3n) is 4.23. The SMILES string of the molecule is Cn1nc(C(=O)Nc2ccccc2Br)c2c1CCN(C(=O)OC(C)(C)C)C2. The van der Waals surface area contributed by atoms with E-state index in [0.29, 0.717) is 30.9 Å². The van der Waals surface area contributed by atoms with Gasteiger partial charge in [-0.15, -0.1) is 0 Å². The number of nitrogens with zero attached hydrogens (tertiary/aromatic N) is 3. The molecular weight excluding hydrogens is 412 g/mol. The predicted molar refractivity (Wildman–Crippen MR) is 106 cm³/mol. The first-order valence-corrected chi connectivity index (χ1v) is 9.53. The van der Waals surface area contributed by atoms with Crippen molar-refractivity contribution in [1.82, 2.24) is 14.7 Å². The van der Waals surface area contributed by atoms with Crippen LogP contribution < -0.4 is 5.32 Å². The lowest BCUT2D eigenvalue weighted by molar-refractivity contribution is 0.0222. The Bertz CT molecular complexity index is 886. The highest BCUT2D eigenvalue weighted by molar-refractivity contribution is 9.10. The summed E-state index contributed by atoms with van der Waals surface area (Å²) in [4.78, 5) is 26.8. The zero-order chi connectivity index (χ0) is 19.8. The van der Waals surface area contributed by atoms with Crippen LogP contribution in [0.25, 0.3) is 0 Å². The molecule has 1 aliphatic rings. The lowest BCUT2D eigenvalue weighted by atomic mass is 10.0. The number of benzene rings is 1. The highest BCUT2D eigenvalue weighted by atomic mass is 79.9. The summed E-state index contributed by atoms with van der Waals surface area (Å²) in [5.41, 5.74) is 2.16. The number of carbonyl (C=O) groups is 2. The minimum Gasteiger partial charge on any atom is -0.444 e. The smallest absolute Gasteiger partial charge is 0.410 e. The second-order valence-corrected chi connectivity index (χ2v) is 8.34. The van der Waals surface area contributed by atoms with E-state index in [1.807, 2.05) is 52.1 Å². The van der Waals surface area contributed by atoms with Crippen LogP contribution in [-0.4, -0.2) is 38.8 Å². The molecule has 0 atom stereocenters. The van der Waals surface area contributed by atoms with Crippen LogP contribution in [0.15, 0.2) is 28.7 Å². The molecule has 144 valence electrons. The van der Waals surface area contributed by atoms with Gasteiger partial charge >= 0.3 is 6.09 Å². The van der Waals surface area contributed by atoms with Gasteiger partial charge in [0.2, 0.25) is 0 Å². The first kappa shape index (κ1) is 19.4. The molecule has 1 aliphatic heterocycles. The van der Waals surface area contributed by atoms with Gasteiger partial charge in [0.1, 0.15) is 5.60 Å². The average Bonchev–Trinajstić information content (AvgIpc) is 2.92. The normalized spacial score (nSPS) is 13.9. The Balaban J connectivity index is 1.83. The Morgan fingerprint density at radius 3 is 2.63 bits per heavy atom. The molecule has 7 nitrogen and oxygen atoms in total. The molecule has 1 aromatic heterocycles. The summed E-state index contributed by atoms with van der Waals surface area (Å²) >= 11 is 3.42. The standard InChI is InChI=1S/C19H23BrN4O3/c1-19(2,3)27-18(26)24-10-9-15-12(11-24)16(22-23(15)4)17(25)21-14-8-6-5-7-13(14)20/h5-8H,9-11H2,1-4H3,(H,21,25). The van der Waals surface area contributed by atoms with Gasteiger partial charge in [0.05, 0.1) is 12.2 Å². The van der Waals surface area contributed by atoms with Gasteiger partial charge in [-0.05, 0) is 48.8 Å². The Morgan fingerprint density at radius 2 is 1.96 bits per heavy atom. The zero-order valence-electron chi connectivity index (χ0n) is 15.9. The maximum atomic E-state index is 12.8. The van der Waals surface area contributed by atoms with Gasteiger partial charge in [-0.1, -0.05) is 12.1 Å². The van der Waals surface area contributed by atoms with E-state index in [-0.39, 0.29) is 12.0 Å². The summed E-state index contributed by atoms with van der Waals surface area (Å²) < 4.78 is 7.97. The third-order valence-corrected chi connectivity index (χ3v) is 4.92. The molecule has 8 heteroatoms. The van der Waals surface area contributed by atoms with Gasteiger partial charge in [0.15, 0.2) is 5.69 Å². The minimum absolute atomic E-state index is 0.301. The summed E-state index contributed by atoms with van der Waals surface area (Å²) in [6.45, 7) is 6.34. The largest absolute Gasteiger partial charge is 0.444 e. The number of ether oxygens (including phenoxy) is 1. The van der Waals surface area contributed by atoms with E-state index in [2.05, 4.69) is 26.3 Å². The highest BCUT2D eigenvalue weighted by Crippen LogP contribution is 2.26. The van der Waals surface area contributed by atoms with Crippen molar-refractivity contribution in [1.29, 1.82) is 0 Å². The van der Waals surface area contributed by atoms with E-state index in [4.69, 9.17) is 4.74 Å². The Hall–Kier alpha value is -2.35. The number of hydrogen-bond acceptors (Lipinski definition) is 4. The molecule has 2 amide bonds. The number of aromatic nitrogens is 2. The Kier molecular flexibility index (Phi) is 5.28. The van der Waals surface area contributed by atoms with E-state index in [0.717, 1.165) is 15.7 Å². The van der Waals surface area contributed by atoms with Gasteiger partial charge < -0.3 is 15.0 Å². The molecule has 0 bridgehead atoms. The van der Waals surface area contributed by atoms with Crippen molar-refractivity contribution in [2.45, 2.75) is 39.3 Å². The summed E-state index contributed by atoms with van der Waals surface area (Å²) in [5, 5.41) is 7.27. The van der Waals surface area contributed by atoms with Crippen molar-refractivity contribution < 1.29 is 14.3 Å². The number of fused-ring (bicyclic) bond motifs is 1. The maximum absolute atomic E-state index is 12.8. The monoisotopic (exact) mass is 434 g/mol. The molecule has 0 saturated carbocycles. The van der Waals surface area contributed by atoms with Crippen molar-refractivity contribution >= 4 is 33.6 Å². The molecule has 1 N–H and O–H groups in total. The average molecular weight is 435 g/mol. The Labute approximate surface area is 166 Å². The van der Waals surface area contributed by atoms with Crippen molar-refractivity contribution in [3.05, 3.63) is 45.7 Å². The fourth-order valence-electron chi connectivity index (χ4n) is 3.00. The second-order valence-electron chi connectivity index (χ2n) is 7.48. The van der Waals surface area contributed by atoms with E-state index < -0.39 is 5.60 Å².